The Morgan fingerprint density at radius 3 is 2.11 bits per heavy atom. The molecule has 1 aromatic carbocycles. The summed E-state index contributed by atoms with van der Waals surface area (Å²) >= 11 is 1.73. The molecule has 2 aromatic rings. The zero-order valence-electron chi connectivity index (χ0n) is 11.8. The molecule has 1 nitrogen and oxygen atoms in total. The molecule has 0 amide bonds. The fourth-order valence-electron chi connectivity index (χ4n) is 1.76. The smallest absolute Gasteiger partial charge is 0.123 e. The molecule has 0 spiro atoms. The highest BCUT2D eigenvalue weighted by Gasteiger charge is 2.17. The summed E-state index contributed by atoms with van der Waals surface area (Å²) < 4.78 is 0. The van der Waals surface area contributed by atoms with Crippen molar-refractivity contribution in [2.45, 2.75) is 46.0 Å². The Morgan fingerprint density at radius 1 is 1.06 bits per heavy atom. The number of thiazole rings is 1. The van der Waals surface area contributed by atoms with Gasteiger partial charge >= 0.3 is 0 Å². The van der Waals surface area contributed by atoms with Crippen LogP contribution in [0.1, 0.15) is 51.8 Å². The molecule has 0 bridgehead atoms. The molecule has 0 unspecified atom stereocenters. The summed E-state index contributed by atoms with van der Waals surface area (Å²) in [6.07, 6.45) is 0. The first kappa shape index (κ1) is 13.3. The van der Waals surface area contributed by atoms with Crippen LogP contribution in [0.15, 0.2) is 29.6 Å². The first-order chi connectivity index (χ1) is 8.38. The van der Waals surface area contributed by atoms with Gasteiger partial charge in [-0.05, 0) is 11.5 Å². The van der Waals surface area contributed by atoms with Crippen molar-refractivity contribution in [2.75, 3.05) is 0 Å². The fourth-order valence-corrected chi connectivity index (χ4v) is 2.81. The van der Waals surface area contributed by atoms with Gasteiger partial charge in [0.15, 0.2) is 0 Å². The second-order valence-electron chi connectivity index (χ2n) is 6.06. The molecule has 0 aliphatic rings. The highest BCUT2D eigenvalue weighted by Crippen LogP contribution is 2.30. The van der Waals surface area contributed by atoms with Crippen LogP contribution in [0.2, 0.25) is 0 Å². The summed E-state index contributed by atoms with van der Waals surface area (Å²) in [4.78, 5) is 4.74. The number of hydrogen-bond acceptors (Lipinski definition) is 2. The molecule has 0 saturated heterocycles. The lowest BCUT2D eigenvalue weighted by molar-refractivity contribution is 0.573. The first-order valence-corrected chi connectivity index (χ1v) is 7.32. The largest absolute Gasteiger partial charge is 0.241 e. The lowest BCUT2D eigenvalue weighted by Crippen LogP contribution is -2.11. The van der Waals surface area contributed by atoms with Crippen LogP contribution in [0.5, 0.6) is 0 Å². The summed E-state index contributed by atoms with van der Waals surface area (Å²) in [5, 5.41) is 3.29. The van der Waals surface area contributed by atoms with Crippen molar-refractivity contribution in [3.8, 4) is 10.6 Å². The van der Waals surface area contributed by atoms with E-state index in [0.717, 1.165) is 5.01 Å². The Labute approximate surface area is 114 Å². The normalized spacial score (nSPS) is 12.1. The SMILES string of the molecule is CC(C)c1ccc(-c2nc(C(C)(C)C)cs2)cc1. The van der Waals surface area contributed by atoms with Crippen molar-refractivity contribution >= 4 is 11.3 Å². The van der Waals surface area contributed by atoms with Crippen LogP contribution < -0.4 is 0 Å². The zero-order chi connectivity index (χ0) is 13.3. The summed E-state index contributed by atoms with van der Waals surface area (Å²) in [6, 6.07) is 8.78. The van der Waals surface area contributed by atoms with E-state index in [4.69, 9.17) is 4.98 Å². The molecule has 0 saturated carbocycles. The van der Waals surface area contributed by atoms with Gasteiger partial charge in [0.2, 0.25) is 0 Å². The van der Waals surface area contributed by atoms with Gasteiger partial charge in [0.1, 0.15) is 5.01 Å². The van der Waals surface area contributed by atoms with E-state index in [1.54, 1.807) is 11.3 Å². The molecular weight excluding hydrogens is 238 g/mol. The second kappa shape index (κ2) is 4.85. The van der Waals surface area contributed by atoms with E-state index in [1.807, 2.05) is 0 Å². The van der Waals surface area contributed by atoms with Gasteiger partial charge in [0.25, 0.3) is 0 Å². The molecular formula is C16H21NS. The van der Waals surface area contributed by atoms with Gasteiger partial charge in [-0.3, -0.25) is 0 Å². The fraction of sp³-hybridized carbons (Fsp3) is 0.438. The van der Waals surface area contributed by atoms with Crippen LogP contribution in [0.4, 0.5) is 0 Å². The number of rotatable bonds is 2. The van der Waals surface area contributed by atoms with Crippen molar-refractivity contribution in [3.63, 3.8) is 0 Å². The van der Waals surface area contributed by atoms with E-state index in [2.05, 4.69) is 64.3 Å². The van der Waals surface area contributed by atoms with Crippen LogP contribution in [0.3, 0.4) is 0 Å². The standard InChI is InChI=1S/C16H21NS/c1-11(2)12-6-8-13(9-7-12)15-17-14(10-18-15)16(3,4)5/h6-11H,1-5H3. The third kappa shape index (κ3) is 2.81. The Morgan fingerprint density at radius 2 is 1.67 bits per heavy atom. The minimum Gasteiger partial charge on any atom is -0.241 e. The predicted molar refractivity (Wildman–Crippen MR) is 80.3 cm³/mol. The molecule has 0 atom stereocenters. The van der Waals surface area contributed by atoms with Gasteiger partial charge in [-0.15, -0.1) is 11.3 Å². The van der Waals surface area contributed by atoms with E-state index >= 15 is 0 Å². The van der Waals surface area contributed by atoms with Crippen molar-refractivity contribution in [1.29, 1.82) is 0 Å². The van der Waals surface area contributed by atoms with Gasteiger partial charge in [-0.1, -0.05) is 58.9 Å². The summed E-state index contributed by atoms with van der Waals surface area (Å²) in [5.41, 5.74) is 3.91. The number of hydrogen-bond donors (Lipinski definition) is 0. The molecule has 1 aromatic heterocycles. The maximum absolute atomic E-state index is 4.74. The third-order valence-electron chi connectivity index (χ3n) is 3.10. The molecule has 18 heavy (non-hydrogen) atoms. The number of aromatic nitrogens is 1. The van der Waals surface area contributed by atoms with Gasteiger partial charge in [-0.25, -0.2) is 4.98 Å². The van der Waals surface area contributed by atoms with Crippen molar-refractivity contribution < 1.29 is 0 Å². The minimum atomic E-state index is 0.132. The molecule has 0 radical (unpaired) electrons. The van der Waals surface area contributed by atoms with Crippen LogP contribution in [0, 0.1) is 0 Å². The molecule has 0 N–H and O–H groups in total. The molecule has 2 rings (SSSR count). The van der Waals surface area contributed by atoms with Gasteiger partial charge in [0, 0.05) is 16.4 Å². The Balaban J connectivity index is 2.29. The van der Waals surface area contributed by atoms with Crippen LogP contribution in [0.25, 0.3) is 10.6 Å². The average Bonchev–Trinajstić information content (AvgIpc) is 2.78. The third-order valence-corrected chi connectivity index (χ3v) is 3.99. The van der Waals surface area contributed by atoms with Crippen LogP contribution >= 0.6 is 11.3 Å². The Hall–Kier alpha value is -1.15. The lowest BCUT2D eigenvalue weighted by atomic mass is 9.93. The minimum absolute atomic E-state index is 0.132. The first-order valence-electron chi connectivity index (χ1n) is 6.44. The maximum Gasteiger partial charge on any atom is 0.123 e. The number of nitrogens with zero attached hydrogens (tertiary/aromatic N) is 1. The topological polar surface area (TPSA) is 12.9 Å². The van der Waals surface area contributed by atoms with Gasteiger partial charge in [0.05, 0.1) is 5.69 Å². The summed E-state index contributed by atoms with van der Waals surface area (Å²) in [6.45, 7) is 11.0. The molecule has 96 valence electrons. The molecule has 0 aliphatic carbocycles. The maximum atomic E-state index is 4.74. The van der Waals surface area contributed by atoms with Crippen molar-refractivity contribution in [1.82, 2.24) is 4.98 Å². The van der Waals surface area contributed by atoms with E-state index < -0.39 is 0 Å². The van der Waals surface area contributed by atoms with E-state index in [0.29, 0.717) is 5.92 Å². The molecule has 0 aliphatic heterocycles. The second-order valence-corrected chi connectivity index (χ2v) is 6.92. The van der Waals surface area contributed by atoms with Crippen molar-refractivity contribution in [3.05, 3.63) is 40.9 Å². The monoisotopic (exact) mass is 259 g/mol. The highest BCUT2D eigenvalue weighted by molar-refractivity contribution is 7.13. The zero-order valence-corrected chi connectivity index (χ0v) is 12.6. The Kier molecular flexibility index (Phi) is 3.58. The Bertz CT molecular complexity index is 515. The quantitative estimate of drug-likeness (QED) is 0.719. The van der Waals surface area contributed by atoms with Crippen molar-refractivity contribution in [2.24, 2.45) is 0 Å². The lowest BCUT2D eigenvalue weighted by Gasteiger charge is -2.14. The van der Waals surface area contributed by atoms with Crippen LogP contribution in [-0.2, 0) is 5.41 Å². The predicted octanol–water partition coefficient (Wildman–Crippen LogP) is 5.23. The molecule has 0 fully saturated rings. The molecule has 1 heterocycles. The van der Waals surface area contributed by atoms with Gasteiger partial charge < -0.3 is 0 Å². The average molecular weight is 259 g/mol. The van der Waals surface area contributed by atoms with Crippen LogP contribution in [-0.4, -0.2) is 4.98 Å². The van der Waals surface area contributed by atoms with E-state index in [9.17, 15) is 0 Å². The molecule has 2 heteroatoms. The van der Waals surface area contributed by atoms with Gasteiger partial charge in [-0.2, -0.15) is 0 Å². The summed E-state index contributed by atoms with van der Waals surface area (Å²) in [7, 11) is 0. The van der Waals surface area contributed by atoms with E-state index in [-0.39, 0.29) is 5.41 Å². The summed E-state index contributed by atoms with van der Waals surface area (Å²) in [5.74, 6) is 0.584. The highest BCUT2D eigenvalue weighted by atomic mass is 32.1. The number of benzene rings is 1. The van der Waals surface area contributed by atoms with E-state index in [1.165, 1.54) is 16.8 Å².